The molecule has 100 valence electrons. The Labute approximate surface area is 113 Å². The Morgan fingerprint density at radius 2 is 1.95 bits per heavy atom. The van der Waals surface area contributed by atoms with Crippen molar-refractivity contribution < 1.29 is 0 Å². The lowest BCUT2D eigenvalue weighted by Gasteiger charge is -2.15. The van der Waals surface area contributed by atoms with Crippen molar-refractivity contribution in [2.24, 2.45) is 0 Å². The summed E-state index contributed by atoms with van der Waals surface area (Å²) in [5, 5.41) is 3.30. The van der Waals surface area contributed by atoms with E-state index >= 15 is 0 Å². The van der Waals surface area contributed by atoms with E-state index in [1.54, 1.807) is 12.3 Å². The number of hydrogen-bond donors (Lipinski definition) is 2. The van der Waals surface area contributed by atoms with Gasteiger partial charge in [-0.25, -0.2) is 9.97 Å². The van der Waals surface area contributed by atoms with Crippen molar-refractivity contribution in [3.05, 3.63) is 42.0 Å². The molecule has 3 N–H and O–H groups in total. The third-order valence-electron chi connectivity index (χ3n) is 2.78. The van der Waals surface area contributed by atoms with Gasteiger partial charge in [-0.1, -0.05) is 19.9 Å². The molecule has 1 atom stereocenters. The maximum Gasteiger partial charge on any atom is 0.135 e. The van der Waals surface area contributed by atoms with Gasteiger partial charge in [-0.15, -0.1) is 0 Å². The molecule has 0 aromatic carbocycles. The summed E-state index contributed by atoms with van der Waals surface area (Å²) in [5.41, 5.74) is 6.77. The summed E-state index contributed by atoms with van der Waals surface area (Å²) in [6.07, 6.45) is 1.78. The summed E-state index contributed by atoms with van der Waals surface area (Å²) in [6, 6.07) is 7.65. The minimum Gasteiger partial charge on any atom is -0.384 e. The smallest absolute Gasteiger partial charge is 0.135 e. The molecule has 2 aromatic rings. The fraction of sp³-hybridized carbons (Fsp3) is 0.357. The molecule has 19 heavy (non-hydrogen) atoms. The highest BCUT2D eigenvalue weighted by Crippen LogP contribution is 2.19. The first kappa shape index (κ1) is 13.3. The van der Waals surface area contributed by atoms with Crippen molar-refractivity contribution in [2.75, 3.05) is 11.1 Å². The average molecular weight is 257 g/mol. The van der Waals surface area contributed by atoms with E-state index < -0.39 is 0 Å². The minimum atomic E-state index is 0.0653. The Bertz CT molecular complexity index is 539. The second-order valence-electron chi connectivity index (χ2n) is 4.81. The summed E-state index contributed by atoms with van der Waals surface area (Å²) in [5.74, 6) is 2.20. The molecule has 2 aromatic heterocycles. The van der Waals surface area contributed by atoms with Gasteiger partial charge in [0, 0.05) is 18.2 Å². The van der Waals surface area contributed by atoms with Crippen LogP contribution < -0.4 is 11.1 Å². The number of hydrogen-bond acceptors (Lipinski definition) is 5. The number of nitrogen functional groups attached to an aromatic ring is 1. The highest BCUT2D eigenvalue weighted by Gasteiger charge is 2.10. The fourth-order valence-electron chi connectivity index (χ4n) is 1.75. The molecule has 1 unspecified atom stereocenters. The van der Waals surface area contributed by atoms with Crippen molar-refractivity contribution in [1.82, 2.24) is 15.0 Å². The number of nitrogens with one attached hydrogen (secondary N) is 1. The monoisotopic (exact) mass is 257 g/mol. The van der Waals surface area contributed by atoms with Gasteiger partial charge in [-0.3, -0.25) is 4.98 Å². The van der Waals surface area contributed by atoms with Gasteiger partial charge in [0.2, 0.25) is 0 Å². The van der Waals surface area contributed by atoms with Crippen molar-refractivity contribution in [3.8, 4) is 0 Å². The van der Waals surface area contributed by atoms with E-state index in [-0.39, 0.29) is 12.0 Å². The quantitative estimate of drug-likeness (QED) is 0.880. The molecule has 5 nitrogen and oxygen atoms in total. The zero-order valence-corrected chi connectivity index (χ0v) is 11.5. The van der Waals surface area contributed by atoms with Crippen LogP contribution in [0.2, 0.25) is 0 Å². The summed E-state index contributed by atoms with van der Waals surface area (Å²) < 4.78 is 0. The fourth-order valence-corrected chi connectivity index (χ4v) is 1.75. The van der Waals surface area contributed by atoms with E-state index in [1.165, 1.54) is 0 Å². The van der Waals surface area contributed by atoms with Crippen LogP contribution in [0.25, 0.3) is 0 Å². The zero-order valence-electron chi connectivity index (χ0n) is 11.5. The van der Waals surface area contributed by atoms with Gasteiger partial charge in [0.15, 0.2) is 0 Å². The molecule has 0 bridgehead atoms. The Morgan fingerprint density at radius 3 is 2.58 bits per heavy atom. The molecule has 0 aliphatic carbocycles. The number of rotatable bonds is 4. The lowest BCUT2D eigenvalue weighted by Crippen LogP contribution is -2.12. The normalized spacial score (nSPS) is 12.4. The lowest BCUT2D eigenvalue weighted by molar-refractivity contribution is 0.767. The van der Waals surface area contributed by atoms with E-state index in [2.05, 4.69) is 20.3 Å². The van der Waals surface area contributed by atoms with Crippen molar-refractivity contribution >= 4 is 11.6 Å². The minimum absolute atomic E-state index is 0.0653. The van der Waals surface area contributed by atoms with Crippen LogP contribution in [0, 0.1) is 0 Å². The Morgan fingerprint density at radius 1 is 1.16 bits per heavy atom. The van der Waals surface area contributed by atoms with Crippen molar-refractivity contribution in [3.63, 3.8) is 0 Å². The Balaban J connectivity index is 2.19. The van der Waals surface area contributed by atoms with E-state index in [0.717, 1.165) is 17.3 Å². The van der Waals surface area contributed by atoms with Gasteiger partial charge in [0.05, 0.1) is 11.7 Å². The number of aromatic nitrogens is 3. The number of nitrogens with two attached hydrogens (primary N) is 1. The average Bonchev–Trinajstić information content (AvgIpc) is 2.39. The molecule has 0 aliphatic heterocycles. The highest BCUT2D eigenvalue weighted by atomic mass is 15.1. The number of anilines is 2. The van der Waals surface area contributed by atoms with Crippen molar-refractivity contribution in [2.45, 2.75) is 32.7 Å². The van der Waals surface area contributed by atoms with Crippen LogP contribution >= 0.6 is 0 Å². The van der Waals surface area contributed by atoms with E-state index in [0.29, 0.717) is 5.82 Å². The van der Waals surface area contributed by atoms with E-state index in [1.807, 2.05) is 39.0 Å². The first-order chi connectivity index (χ1) is 9.06. The molecule has 2 heterocycles. The zero-order chi connectivity index (χ0) is 13.8. The molecule has 0 saturated heterocycles. The molecular weight excluding hydrogens is 238 g/mol. The molecular formula is C14H19N5. The van der Waals surface area contributed by atoms with Gasteiger partial charge < -0.3 is 11.1 Å². The molecule has 0 saturated carbocycles. The molecule has 0 spiro atoms. The molecule has 5 heteroatoms. The second kappa shape index (κ2) is 5.65. The summed E-state index contributed by atoms with van der Waals surface area (Å²) in [6.45, 7) is 6.12. The topological polar surface area (TPSA) is 76.7 Å². The molecule has 0 radical (unpaired) electrons. The van der Waals surface area contributed by atoms with E-state index in [4.69, 9.17) is 5.73 Å². The molecule has 2 rings (SSSR count). The van der Waals surface area contributed by atoms with Crippen LogP contribution in [0.5, 0.6) is 0 Å². The Kier molecular flexibility index (Phi) is 3.94. The summed E-state index contributed by atoms with van der Waals surface area (Å²) >= 11 is 0. The van der Waals surface area contributed by atoms with Gasteiger partial charge in [-0.2, -0.15) is 0 Å². The van der Waals surface area contributed by atoms with Gasteiger partial charge in [0.25, 0.3) is 0 Å². The largest absolute Gasteiger partial charge is 0.384 e. The van der Waals surface area contributed by atoms with Crippen LogP contribution in [-0.4, -0.2) is 15.0 Å². The molecule has 0 fully saturated rings. The summed E-state index contributed by atoms with van der Waals surface area (Å²) in [7, 11) is 0. The maximum atomic E-state index is 5.80. The highest BCUT2D eigenvalue weighted by molar-refractivity contribution is 5.46. The third kappa shape index (κ3) is 3.40. The predicted molar refractivity (Wildman–Crippen MR) is 76.8 cm³/mol. The van der Waals surface area contributed by atoms with Gasteiger partial charge >= 0.3 is 0 Å². The maximum absolute atomic E-state index is 5.80. The number of pyridine rings is 1. The second-order valence-corrected chi connectivity index (χ2v) is 4.81. The lowest BCUT2D eigenvalue weighted by atomic mass is 10.2. The number of nitrogens with zero attached hydrogens (tertiary/aromatic N) is 3. The standard InChI is InChI=1S/C14H19N5/c1-9(2)14-18-12(15)8-13(19-14)17-10(3)11-6-4-5-7-16-11/h4-10H,1-3H3,(H3,15,17,18,19). The Hall–Kier alpha value is -2.17. The van der Waals surface area contributed by atoms with Crippen LogP contribution in [0.3, 0.4) is 0 Å². The van der Waals surface area contributed by atoms with Gasteiger partial charge in [0.1, 0.15) is 17.5 Å². The SMILES string of the molecule is CC(C)c1nc(N)cc(NC(C)c2ccccn2)n1. The first-order valence-corrected chi connectivity index (χ1v) is 6.38. The van der Waals surface area contributed by atoms with Crippen molar-refractivity contribution in [1.29, 1.82) is 0 Å². The van der Waals surface area contributed by atoms with Crippen LogP contribution in [0.15, 0.2) is 30.5 Å². The van der Waals surface area contributed by atoms with Gasteiger partial charge in [-0.05, 0) is 19.1 Å². The molecule has 0 aliphatic rings. The van der Waals surface area contributed by atoms with E-state index in [9.17, 15) is 0 Å². The predicted octanol–water partition coefficient (Wildman–Crippen LogP) is 2.75. The van der Waals surface area contributed by atoms with Crippen LogP contribution in [-0.2, 0) is 0 Å². The van der Waals surface area contributed by atoms with Crippen LogP contribution in [0.1, 0.15) is 44.2 Å². The molecule has 0 amide bonds. The van der Waals surface area contributed by atoms with Crippen LogP contribution in [0.4, 0.5) is 11.6 Å². The third-order valence-corrected chi connectivity index (χ3v) is 2.78. The summed E-state index contributed by atoms with van der Waals surface area (Å²) in [4.78, 5) is 13.0. The first-order valence-electron chi connectivity index (χ1n) is 6.38.